The van der Waals surface area contributed by atoms with Crippen LogP contribution in [-0.4, -0.2) is 35.9 Å². The van der Waals surface area contributed by atoms with E-state index in [1.165, 1.54) is 36.7 Å². The predicted molar refractivity (Wildman–Crippen MR) is 91.5 cm³/mol. The Kier molecular flexibility index (Phi) is 4.71. The summed E-state index contributed by atoms with van der Waals surface area (Å²) in [7, 11) is 0. The fraction of sp³-hybridized carbons (Fsp3) is 0.529. The fourth-order valence-electron chi connectivity index (χ4n) is 3.23. The molecule has 22 heavy (non-hydrogen) atoms. The van der Waals surface area contributed by atoms with E-state index in [0.29, 0.717) is 13.0 Å². The molecule has 1 aromatic carbocycles. The van der Waals surface area contributed by atoms with Gasteiger partial charge in [-0.3, -0.25) is 9.59 Å². The van der Waals surface area contributed by atoms with Crippen molar-refractivity contribution in [3.63, 3.8) is 0 Å². The summed E-state index contributed by atoms with van der Waals surface area (Å²) in [5, 5.41) is 0.173. The Hall–Kier alpha value is -1.49. The molecule has 0 bridgehead atoms. The quantitative estimate of drug-likeness (QED) is 0.859. The van der Waals surface area contributed by atoms with Crippen LogP contribution in [-0.2, 0) is 9.59 Å². The summed E-state index contributed by atoms with van der Waals surface area (Å²) in [6.07, 6.45) is 4.30. The summed E-state index contributed by atoms with van der Waals surface area (Å²) >= 11 is 1.28. The standard InChI is InChI=1S/C17H22N2O2S/c1-13(20)22-16-11-17(21)19(12-16)15-7-5-14(6-8-15)18-9-3-2-4-10-18/h5-8,16H,2-4,9-12H2,1H3. The van der Waals surface area contributed by atoms with Crippen molar-refractivity contribution in [2.75, 3.05) is 29.4 Å². The average molecular weight is 318 g/mol. The number of hydrogen-bond donors (Lipinski definition) is 0. The summed E-state index contributed by atoms with van der Waals surface area (Å²) in [6.45, 7) is 4.44. The maximum Gasteiger partial charge on any atom is 0.228 e. The molecule has 0 radical (unpaired) electrons. The number of carbonyl (C=O) groups is 2. The number of benzene rings is 1. The molecule has 0 spiro atoms. The molecule has 1 amide bonds. The molecule has 5 heteroatoms. The minimum absolute atomic E-state index is 0.0834. The van der Waals surface area contributed by atoms with Crippen molar-refractivity contribution >= 4 is 34.2 Å². The molecule has 3 rings (SSSR count). The highest BCUT2D eigenvalue weighted by molar-refractivity contribution is 8.14. The van der Waals surface area contributed by atoms with Crippen molar-refractivity contribution in [3.05, 3.63) is 24.3 Å². The van der Waals surface area contributed by atoms with Crippen molar-refractivity contribution in [2.45, 2.75) is 37.9 Å². The molecular weight excluding hydrogens is 296 g/mol. The maximum absolute atomic E-state index is 12.1. The van der Waals surface area contributed by atoms with Crippen LogP contribution in [0.15, 0.2) is 24.3 Å². The van der Waals surface area contributed by atoms with Gasteiger partial charge in [0, 0.05) is 49.6 Å². The number of piperidine rings is 1. The van der Waals surface area contributed by atoms with E-state index in [9.17, 15) is 9.59 Å². The molecule has 0 aromatic heterocycles. The van der Waals surface area contributed by atoms with E-state index < -0.39 is 0 Å². The van der Waals surface area contributed by atoms with Gasteiger partial charge in [-0.05, 0) is 43.5 Å². The van der Waals surface area contributed by atoms with Crippen LogP contribution in [0.5, 0.6) is 0 Å². The molecule has 2 heterocycles. The van der Waals surface area contributed by atoms with Crippen LogP contribution in [0.2, 0.25) is 0 Å². The molecule has 0 saturated carbocycles. The van der Waals surface area contributed by atoms with E-state index in [1.54, 1.807) is 11.8 Å². The lowest BCUT2D eigenvalue weighted by Gasteiger charge is -2.29. The Morgan fingerprint density at radius 3 is 2.36 bits per heavy atom. The van der Waals surface area contributed by atoms with Gasteiger partial charge < -0.3 is 9.80 Å². The SMILES string of the molecule is CC(=O)SC1CC(=O)N(c2ccc(N3CCCCC3)cc2)C1. The molecule has 1 unspecified atom stereocenters. The number of carbonyl (C=O) groups excluding carboxylic acids is 2. The third-order valence-corrected chi connectivity index (χ3v) is 5.29. The van der Waals surface area contributed by atoms with Gasteiger partial charge in [0.2, 0.25) is 5.91 Å². The highest BCUT2D eigenvalue weighted by Gasteiger charge is 2.31. The zero-order valence-electron chi connectivity index (χ0n) is 13.0. The fourth-order valence-corrected chi connectivity index (χ4v) is 4.15. The van der Waals surface area contributed by atoms with Crippen molar-refractivity contribution in [3.8, 4) is 0 Å². The van der Waals surface area contributed by atoms with E-state index in [1.807, 2.05) is 12.1 Å². The van der Waals surface area contributed by atoms with Crippen LogP contribution >= 0.6 is 11.8 Å². The first-order chi connectivity index (χ1) is 10.6. The second kappa shape index (κ2) is 6.73. The first kappa shape index (κ1) is 15.4. The molecule has 4 nitrogen and oxygen atoms in total. The average Bonchev–Trinajstić information content (AvgIpc) is 2.88. The predicted octanol–water partition coefficient (Wildman–Crippen LogP) is 3.06. The highest BCUT2D eigenvalue weighted by Crippen LogP contribution is 2.30. The Morgan fingerprint density at radius 1 is 1.09 bits per heavy atom. The molecule has 2 saturated heterocycles. The molecule has 2 fully saturated rings. The third-order valence-electron chi connectivity index (χ3n) is 4.30. The molecule has 0 N–H and O–H groups in total. The number of thioether (sulfide) groups is 1. The van der Waals surface area contributed by atoms with Crippen LogP contribution in [0.4, 0.5) is 11.4 Å². The van der Waals surface area contributed by atoms with Crippen molar-refractivity contribution in [1.29, 1.82) is 0 Å². The maximum atomic E-state index is 12.1. The number of rotatable bonds is 3. The van der Waals surface area contributed by atoms with Gasteiger partial charge in [-0.15, -0.1) is 0 Å². The van der Waals surface area contributed by atoms with Crippen LogP contribution < -0.4 is 9.80 Å². The Labute approximate surface area is 135 Å². The topological polar surface area (TPSA) is 40.6 Å². The minimum Gasteiger partial charge on any atom is -0.372 e. The summed E-state index contributed by atoms with van der Waals surface area (Å²) < 4.78 is 0. The van der Waals surface area contributed by atoms with Crippen molar-refractivity contribution in [1.82, 2.24) is 0 Å². The number of hydrogen-bond acceptors (Lipinski definition) is 4. The van der Waals surface area contributed by atoms with Gasteiger partial charge in [0.1, 0.15) is 0 Å². The smallest absolute Gasteiger partial charge is 0.228 e. The summed E-state index contributed by atoms with van der Waals surface area (Å²) in [6, 6.07) is 8.28. The van der Waals surface area contributed by atoms with Gasteiger partial charge >= 0.3 is 0 Å². The van der Waals surface area contributed by atoms with Gasteiger partial charge in [-0.25, -0.2) is 0 Å². The first-order valence-corrected chi connectivity index (χ1v) is 8.84. The molecule has 1 aromatic rings. The first-order valence-electron chi connectivity index (χ1n) is 7.96. The minimum atomic E-state index is 0.0834. The van der Waals surface area contributed by atoms with Crippen LogP contribution in [0.3, 0.4) is 0 Å². The Balaban J connectivity index is 1.67. The molecule has 118 valence electrons. The normalized spacial score (nSPS) is 22.2. The van der Waals surface area contributed by atoms with Crippen molar-refractivity contribution in [2.24, 2.45) is 0 Å². The van der Waals surface area contributed by atoms with Gasteiger partial charge in [0.05, 0.1) is 0 Å². The van der Waals surface area contributed by atoms with E-state index in [-0.39, 0.29) is 16.3 Å². The van der Waals surface area contributed by atoms with Crippen LogP contribution in [0, 0.1) is 0 Å². The van der Waals surface area contributed by atoms with E-state index in [2.05, 4.69) is 17.0 Å². The van der Waals surface area contributed by atoms with E-state index in [4.69, 9.17) is 0 Å². The Bertz CT molecular complexity index is 552. The number of nitrogens with zero attached hydrogens (tertiary/aromatic N) is 2. The largest absolute Gasteiger partial charge is 0.372 e. The Morgan fingerprint density at radius 2 is 1.73 bits per heavy atom. The van der Waals surface area contributed by atoms with Crippen LogP contribution in [0.25, 0.3) is 0 Å². The van der Waals surface area contributed by atoms with Gasteiger partial charge in [0.25, 0.3) is 0 Å². The lowest BCUT2D eigenvalue weighted by atomic mass is 10.1. The zero-order chi connectivity index (χ0) is 15.5. The van der Waals surface area contributed by atoms with Crippen molar-refractivity contribution < 1.29 is 9.59 Å². The van der Waals surface area contributed by atoms with Gasteiger partial charge in [-0.2, -0.15) is 0 Å². The van der Waals surface area contributed by atoms with E-state index >= 15 is 0 Å². The molecule has 2 aliphatic rings. The molecule has 0 aliphatic carbocycles. The zero-order valence-corrected chi connectivity index (χ0v) is 13.8. The number of amides is 1. The number of anilines is 2. The monoisotopic (exact) mass is 318 g/mol. The van der Waals surface area contributed by atoms with Crippen LogP contribution in [0.1, 0.15) is 32.6 Å². The molecule has 1 atom stereocenters. The second-order valence-electron chi connectivity index (χ2n) is 6.00. The summed E-state index contributed by atoms with van der Waals surface area (Å²) in [4.78, 5) is 27.6. The lowest BCUT2D eigenvalue weighted by Crippen LogP contribution is -2.29. The van der Waals surface area contributed by atoms with Gasteiger partial charge in [-0.1, -0.05) is 11.8 Å². The second-order valence-corrected chi connectivity index (χ2v) is 7.48. The summed E-state index contributed by atoms with van der Waals surface area (Å²) in [5.41, 5.74) is 2.18. The summed E-state index contributed by atoms with van der Waals surface area (Å²) in [5.74, 6) is 0.115. The lowest BCUT2D eigenvalue weighted by molar-refractivity contribution is -0.117. The van der Waals surface area contributed by atoms with Gasteiger partial charge in [0.15, 0.2) is 5.12 Å². The molecule has 2 aliphatic heterocycles. The highest BCUT2D eigenvalue weighted by atomic mass is 32.2. The molecular formula is C17H22N2O2S. The van der Waals surface area contributed by atoms with E-state index in [0.717, 1.165) is 18.8 Å². The third kappa shape index (κ3) is 3.46.